The van der Waals surface area contributed by atoms with E-state index in [1.807, 2.05) is 12.3 Å². The molecule has 0 aromatic carbocycles. The van der Waals surface area contributed by atoms with Gasteiger partial charge in [-0.25, -0.2) is 4.39 Å². The number of aryl methyl sites for hydroxylation is 1. The summed E-state index contributed by atoms with van der Waals surface area (Å²) in [4.78, 5) is 8.72. The van der Waals surface area contributed by atoms with Crippen LogP contribution in [0.5, 0.6) is 0 Å². The number of pyridine rings is 2. The Morgan fingerprint density at radius 3 is 2.74 bits per heavy atom. The summed E-state index contributed by atoms with van der Waals surface area (Å²) in [6.45, 7) is 0.838. The van der Waals surface area contributed by atoms with Crippen LogP contribution in [-0.4, -0.2) is 22.2 Å². The molecule has 1 aliphatic carbocycles. The molecule has 1 aliphatic heterocycles. The minimum absolute atomic E-state index is 0.0717. The monoisotopic (exact) mass is 368 g/mol. The van der Waals surface area contributed by atoms with Crippen molar-refractivity contribution in [3.63, 3.8) is 0 Å². The van der Waals surface area contributed by atoms with Gasteiger partial charge in [-0.1, -0.05) is 25.3 Å². The van der Waals surface area contributed by atoms with Crippen LogP contribution >= 0.6 is 0 Å². The van der Waals surface area contributed by atoms with Crippen LogP contribution in [0.4, 0.5) is 4.39 Å². The maximum Gasteiger partial charge on any atom is 0.141 e. The Labute approximate surface area is 161 Å². The normalized spacial score (nSPS) is 24.3. The fraction of sp³-hybridized carbons (Fsp3) is 0.565. The fourth-order valence-electron chi connectivity index (χ4n) is 5.18. The summed E-state index contributed by atoms with van der Waals surface area (Å²) in [5, 5.41) is 0. The van der Waals surface area contributed by atoms with Crippen LogP contribution in [0.1, 0.15) is 69.0 Å². The van der Waals surface area contributed by atoms with Crippen LogP contribution in [0.15, 0.2) is 42.9 Å². The zero-order chi connectivity index (χ0) is 18.6. The summed E-state index contributed by atoms with van der Waals surface area (Å²) in [7, 11) is 0. The lowest BCUT2D eigenvalue weighted by Crippen LogP contribution is -2.46. The van der Waals surface area contributed by atoms with E-state index in [0.717, 1.165) is 50.7 Å². The highest BCUT2D eigenvalue weighted by molar-refractivity contribution is 5.20. The first-order valence-corrected chi connectivity index (χ1v) is 10.3. The molecule has 4 heteroatoms. The van der Waals surface area contributed by atoms with Crippen molar-refractivity contribution >= 4 is 0 Å². The highest BCUT2D eigenvalue weighted by Crippen LogP contribution is 2.50. The van der Waals surface area contributed by atoms with Gasteiger partial charge in [0.1, 0.15) is 5.82 Å². The van der Waals surface area contributed by atoms with E-state index in [2.05, 4.69) is 17.1 Å². The molecule has 0 bridgehead atoms. The molecule has 2 aromatic heterocycles. The van der Waals surface area contributed by atoms with Crippen LogP contribution in [0, 0.1) is 5.82 Å². The zero-order valence-electron chi connectivity index (χ0n) is 16.0. The molecule has 1 spiro atoms. The predicted molar refractivity (Wildman–Crippen MR) is 104 cm³/mol. The topological polar surface area (TPSA) is 35.0 Å². The second kappa shape index (κ2) is 8.05. The number of nitrogens with zero attached hydrogens (tertiary/aromatic N) is 2. The summed E-state index contributed by atoms with van der Waals surface area (Å²) in [6.07, 6.45) is 16.2. The molecule has 2 fully saturated rings. The molecule has 27 heavy (non-hydrogen) atoms. The summed E-state index contributed by atoms with van der Waals surface area (Å²) < 4.78 is 19.6. The Hall–Kier alpha value is -1.81. The van der Waals surface area contributed by atoms with E-state index >= 15 is 0 Å². The Kier molecular flexibility index (Phi) is 5.53. The first-order valence-electron chi connectivity index (χ1n) is 10.3. The molecule has 4 rings (SSSR count). The Morgan fingerprint density at radius 2 is 1.96 bits per heavy atom. The number of unbranched alkanes of at least 4 members (excludes halogenated alkanes) is 1. The fourth-order valence-corrected chi connectivity index (χ4v) is 5.18. The first-order chi connectivity index (χ1) is 13.2. The van der Waals surface area contributed by atoms with Crippen molar-refractivity contribution in [2.24, 2.45) is 0 Å². The lowest BCUT2D eigenvalue weighted by molar-refractivity contribution is -0.104. The van der Waals surface area contributed by atoms with E-state index < -0.39 is 0 Å². The van der Waals surface area contributed by atoms with Crippen molar-refractivity contribution < 1.29 is 9.13 Å². The van der Waals surface area contributed by atoms with Gasteiger partial charge >= 0.3 is 0 Å². The van der Waals surface area contributed by atoms with Gasteiger partial charge < -0.3 is 4.74 Å². The third-order valence-corrected chi connectivity index (χ3v) is 6.50. The van der Waals surface area contributed by atoms with Gasteiger partial charge in [-0.15, -0.1) is 0 Å². The SMILES string of the molecule is Fc1cncc(CCCCC2(c3ccccn3)CCOC3(CCCC3)C2)c1. The summed E-state index contributed by atoms with van der Waals surface area (Å²) in [5.41, 5.74) is 2.40. The molecule has 1 saturated heterocycles. The maximum absolute atomic E-state index is 13.3. The zero-order valence-corrected chi connectivity index (χ0v) is 16.0. The van der Waals surface area contributed by atoms with E-state index in [9.17, 15) is 4.39 Å². The standard InChI is InChI=1S/C23H29FN2O/c24-20-15-19(16-25-17-20)7-1-3-9-22(21-8-2-6-13-26-21)12-14-27-23(18-22)10-4-5-11-23/h2,6,8,13,15-17H,1,3-5,7,9-12,14,18H2. The first kappa shape index (κ1) is 18.5. The third kappa shape index (κ3) is 4.21. The molecular formula is C23H29FN2O. The number of rotatable bonds is 6. The molecule has 1 unspecified atom stereocenters. The van der Waals surface area contributed by atoms with Crippen LogP contribution in [-0.2, 0) is 16.6 Å². The lowest BCUT2D eigenvalue weighted by Gasteiger charge is -2.46. The smallest absolute Gasteiger partial charge is 0.141 e. The number of aromatic nitrogens is 2. The molecule has 3 heterocycles. The van der Waals surface area contributed by atoms with Crippen LogP contribution < -0.4 is 0 Å². The minimum Gasteiger partial charge on any atom is -0.375 e. The Morgan fingerprint density at radius 1 is 1.07 bits per heavy atom. The second-order valence-electron chi connectivity index (χ2n) is 8.38. The van der Waals surface area contributed by atoms with Gasteiger partial charge in [0.25, 0.3) is 0 Å². The molecule has 144 valence electrons. The van der Waals surface area contributed by atoms with Crippen molar-refractivity contribution in [1.82, 2.24) is 9.97 Å². The molecule has 0 radical (unpaired) electrons. The minimum atomic E-state index is -0.245. The Balaban J connectivity index is 1.45. The predicted octanol–water partition coefficient (Wildman–Crippen LogP) is 5.39. The highest BCUT2D eigenvalue weighted by Gasteiger charge is 2.48. The van der Waals surface area contributed by atoms with Crippen molar-refractivity contribution in [2.45, 2.75) is 75.2 Å². The largest absolute Gasteiger partial charge is 0.375 e. The van der Waals surface area contributed by atoms with Gasteiger partial charge in [0.15, 0.2) is 0 Å². The van der Waals surface area contributed by atoms with Crippen molar-refractivity contribution in [1.29, 1.82) is 0 Å². The van der Waals surface area contributed by atoms with E-state index in [-0.39, 0.29) is 16.8 Å². The van der Waals surface area contributed by atoms with Gasteiger partial charge in [0.05, 0.1) is 11.8 Å². The van der Waals surface area contributed by atoms with E-state index in [1.54, 1.807) is 12.3 Å². The summed E-state index contributed by atoms with van der Waals surface area (Å²) in [5.74, 6) is -0.245. The third-order valence-electron chi connectivity index (χ3n) is 6.50. The van der Waals surface area contributed by atoms with Crippen LogP contribution in [0.3, 0.4) is 0 Å². The van der Waals surface area contributed by atoms with Crippen molar-refractivity contribution in [2.75, 3.05) is 6.61 Å². The Bertz CT molecular complexity index is 745. The van der Waals surface area contributed by atoms with Gasteiger partial charge in [0, 0.05) is 30.1 Å². The highest BCUT2D eigenvalue weighted by atomic mass is 19.1. The molecule has 1 atom stereocenters. The van der Waals surface area contributed by atoms with Gasteiger partial charge in [-0.2, -0.15) is 0 Å². The molecule has 2 aromatic rings. The molecule has 0 N–H and O–H groups in total. The van der Waals surface area contributed by atoms with Gasteiger partial charge in [-0.3, -0.25) is 9.97 Å². The number of ether oxygens (including phenoxy) is 1. The second-order valence-corrected chi connectivity index (χ2v) is 8.38. The quantitative estimate of drug-likeness (QED) is 0.641. The van der Waals surface area contributed by atoms with Crippen LogP contribution in [0.2, 0.25) is 0 Å². The molecule has 3 nitrogen and oxygen atoms in total. The van der Waals surface area contributed by atoms with Gasteiger partial charge in [-0.05, 0) is 68.7 Å². The van der Waals surface area contributed by atoms with Crippen LogP contribution in [0.25, 0.3) is 0 Å². The molecule has 0 amide bonds. The van der Waals surface area contributed by atoms with E-state index in [4.69, 9.17) is 9.72 Å². The van der Waals surface area contributed by atoms with E-state index in [1.165, 1.54) is 37.6 Å². The maximum atomic E-state index is 13.3. The van der Waals surface area contributed by atoms with Crippen molar-refractivity contribution in [3.8, 4) is 0 Å². The molecule has 1 saturated carbocycles. The average Bonchev–Trinajstić information content (AvgIpc) is 3.13. The van der Waals surface area contributed by atoms with E-state index in [0.29, 0.717) is 0 Å². The number of hydrogen-bond donors (Lipinski definition) is 0. The summed E-state index contributed by atoms with van der Waals surface area (Å²) in [6, 6.07) is 7.91. The van der Waals surface area contributed by atoms with Gasteiger partial charge in [0.2, 0.25) is 0 Å². The number of hydrogen-bond acceptors (Lipinski definition) is 3. The summed E-state index contributed by atoms with van der Waals surface area (Å²) >= 11 is 0. The number of halogens is 1. The lowest BCUT2D eigenvalue weighted by atomic mass is 9.67. The average molecular weight is 368 g/mol. The molecule has 2 aliphatic rings. The van der Waals surface area contributed by atoms with Crippen molar-refractivity contribution in [3.05, 3.63) is 59.9 Å². The molecular weight excluding hydrogens is 339 g/mol.